The first-order chi connectivity index (χ1) is 11.6. The van der Waals surface area contributed by atoms with Crippen LogP contribution in [-0.2, 0) is 24.7 Å². The SMILES string of the molecule is CN=C(NCc1csc(C(C)(C)C)n1)NCc1nc(C(F)(F)F)cs1. The molecule has 2 N–H and O–H groups in total. The molecule has 10 heteroatoms. The molecule has 0 atom stereocenters. The summed E-state index contributed by atoms with van der Waals surface area (Å²) in [6.07, 6.45) is -4.41. The van der Waals surface area contributed by atoms with Crippen LogP contribution in [0.4, 0.5) is 13.2 Å². The monoisotopic (exact) mass is 391 g/mol. The van der Waals surface area contributed by atoms with Gasteiger partial charge in [-0.05, 0) is 0 Å². The summed E-state index contributed by atoms with van der Waals surface area (Å²) in [5.41, 5.74) is 0.0325. The lowest BCUT2D eigenvalue weighted by atomic mass is 9.98. The number of halogens is 3. The molecular formula is C15H20F3N5S2. The highest BCUT2D eigenvalue weighted by Crippen LogP contribution is 2.30. The van der Waals surface area contributed by atoms with Crippen LogP contribution >= 0.6 is 22.7 Å². The minimum absolute atomic E-state index is 0.00384. The van der Waals surface area contributed by atoms with Crippen molar-refractivity contribution in [2.24, 2.45) is 4.99 Å². The highest BCUT2D eigenvalue weighted by molar-refractivity contribution is 7.10. The van der Waals surface area contributed by atoms with Gasteiger partial charge in [0.05, 0.1) is 23.8 Å². The molecule has 25 heavy (non-hydrogen) atoms. The molecule has 0 saturated carbocycles. The minimum atomic E-state index is -4.41. The maximum Gasteiger partial charge on any atom is 0.434 e. The largest absolute Gasteiger partial charge is 0.434 e. The van der Waals surface area contributed by atoms with E-state index in [9.17, 15) is 13.2 Å². The molecule has 0 aliphatic rings. The molecule has 2 rings (SSSR count). The Morgan fingerprint density at radius 3 is 2.28 bits per heavy atom. The second-order valence-electron chi connectivity index (χ2n) is 6.30. The molecule has 0 spiro atoms. The molecular weight excluding hydrogens is 371 g/mol. The summed E-state index contributed by atoms with van der Waals surface area (Å²) in [7, 11) is 1.60. The number of hydrogen-bond donors (Lipinski definition) is 2. The van der Waals surface area contributed by atoms with Gasteiger partial charge in [-0.15, -0.1) is 22.7 Å². The predicted molar refractivity (Wildman–Crippen MR) is 95.0 cm³/mol. The summed E-state index contributed by atoms with van der Waals surface area (Å²) in [5.74, 6) is 0.481. The Morgan fingerprint density at radius 2 is 1.76 bits per heavy atom. The zero-order valence-electron chi connectivity index (χ0n) is 14.4. The molecule has 0 bridgehead atoms. The molecule has 0 aromatic carbocycles. The number of nitrogens with one attached hydrogen (secondary N) is 2. The molecule has 2 aromatic rings. The number of aliphatic imine (C=N–C) groups is 1. The Kier molecular flexibility index (Phi) is 6.04. The zero-order valence-corrected chi connectivity index (χ0v) is 16.0. The Bertz CT molecular complexity index is 670. The molecule has 0 saturated heterocycles. The van der Waals surface area contributed by atoms with Crippen LogP contribution in [0.5, 0.6) is 0 Å². The van der Waals surface area contributed by atoms with Crippen molar-refractivity contribution in [1.29, 1.82) is 0 Å². The zero-order chi connectivity index (χ0) is 18.7. The number of hydrogen-bond acceptors (Lipinski definition) is 5. The fourth-order valence-electron chi connectivity index (χ4n) is 1.81. The van der Waals surface area contributed by atoms with Gasteiger partial charge >= 0.3 is 6.18 Å². The van der Waals surface area contributed by atoms with E-state index in [1.165, 1.54) is 0 Å². The highest BCUT2D eigenvalue weighted by Gasteiger charge is 2.33. The molecule has 2 aromatic heterocycles. The topological polar surface area (TPSA) is 62.2 Å². The molecule has 0 radical (unpaired) electrons. The summed E-state index contributed by atoms with van der Waals surface area (Å²) in [6.45, 7) is 6.97. The van der Waals surface area contributed by atoms with Crippen molar-refractivity contribution in [2.75, 3.05) is 7.05 Å². The number of aromatic nitrogens is 2. The third kappa shape index (κ3) is 5.67. The van der Waals surface area contributed by atoms with Gasteiger partial charge in [-0.25, -0.2) is 9.97 Å². The van der Waals surface area contributed by atoms with Crippen molar-refractivity contribution >= 4 is 28.6 Å². The Morgan fingerprint density at radius 1 is 1.08 bits per heavy atom. The van der Waals surface area contributed by atoms with Gasteiger partial charge in [0.15, 0.2) is 11.7 Å². The van der Waals surface area contributed by atoms with E-state index in [0.717, 1.165) is 27.4 Å². The van der Waals surface area contributed by atoms with E-state index >= 15 is 0 Å². The van der Waals surface area contributed by atoms with Gasteiger partial charge in [0, 0.05) is 23.2 Å². The van der Waals surface area contributed by atoms with Crippen molar-refractivity contribution in [3.05, 3.63) is 32.2 Å². The fourth-order valence-corrected chi connectivity index (χ4v) is 3.46. The van der Waals surface area contributed by atoms with Crippen LogP contribution in [0.1, 0.15) is 42.2 Å². The molecule has 5 nitrogen and oxygen atoms in total. The molecule has 0 aliphatic carbocycles. The highest BCUT2D eigenvalue weighted by atomic mass is 32.1. The van der Waals surface area contributed by atoms with Crippen LogP contribution in [0.3, 0.4) is 0 Å². The van der Waals surface area contributed by atoms with Crippen molar-refractivity contribution in [3.8, 4) is 0 Å². The van der Waals surface area contributed by atoms with E-state index in [1.807, 2.05) is 5.38 Å². The second-order valence-corrected chi connectivity index (χ2v) is 8.10. The average Bonchev–Trinajstić information content (AvgIpc) is 3.15. The molecule has 0 aliphatic heterocycles. The van der Waals surface area contributed by atoms with E-state index < -0.39 is 11.9 Å². The van der Waals surface area contributed by atoms with Crippen LogP contribution in [0, 0.1) is 0 Å². The van der Waals surface area contributed by atoms with Crippen molar-refractivity contribution in [3.63, 3.8) is 0 Å². The van der Waals surface area contributed by atoms with Crippen LogP contribution in [-0.4, -0.2) is 23.0 Å². The quantitative estimate of drug-likeness (QED) is 0.615. The lowest BCUT2D eigenvalue weighted by Gasteiger charge is -2.13. The first-order valence-corrected chi connectivity index (χ1v) is 9.26. The third-order valence-electron chi connectivity index (χ3n) is 3.10. The third-order valence-corrected chi connectivity index (χ3v) is 5.27. The first-order valence-electron chi connectivity index (χ1n) is 7.50. The fraction of sp³-hybridized carbons (Fsp3) is 0.533. The maximum absolute atomic E-state index is 12.5. The van der Waals surface area contributed by atoms with Crippen molar-refractivity contribution in [1.82, 2.24) is 20.6 Å². The van der Waals surface area contributed by atoms with Crippen LogP contribution in [0.2, 0.25) is 0 Å². The standard InChI is InChI=1S/C15H20F3N5S2/c1-14(2,3)12-22-9(7-25-12)5-20-13(19-4)21-6-11-23-10(8-24-11)15(16,17)18/h7-8H,5-6H2,1-4H3,(H2,19,20,21). The Labute approximate surface area is 152 Å². The maximum atomic E-state index is 12.5. The Hall–Kier alpha value is -1.68. The molecule has 2 heterocycles. The summed E-state index contributed by atoms with van der Waals surface area (Å²) >= 11 is 2.57. The van der Waals surface area contributed by atoms with Gasteiger partial charge in [-0.2, -0.15) is 13.2 Å². The molecule has 0 unspecified atom stereocenters. The first kappa shape index (κ1) is 19.6. The second kappa shape index (κ2) is 7.69. The predicted octanol–water partition coefficient (Wildman–Crippen LogP) is 3.78. The van der Waals surface area contributed by atoms with Crippen LogP contribution in [0.15, 0.2) is 15.8 Å². The number of guanidine groups is 1. The lowest BCUT2D eigenvalue weighted by Crippen LogP contribution is -2.36. The molecule has 0 amide bonds. The van der Waals surface area contributed by atoms with Gasteiger partial charge in [0.1, 0.15) is 5.01 Å². The van der Waals surface area contributed by atoms with Gasteiger partial charge < -0.3 is 10.6 Å². The summed E-state index contributed by atoms with van der Waals surface area (Å²) in [6, 6.07) is 0. The summed E-state index contributed by atoms with van der Waals surface area (Å²) in [4.78, 5) is 12.2. The average molecular weight is 391 g/mol. The normalized spacial score (nSPS) is 13.2. The van der Waals surface area contributed by atoms with Crippen molar-refractivity contribution < 1.29 is 13.2 Å². The lowest BCUT2D eigenvalue weighted by molar-refractivity contribution is -0.140. The van der Waals surface area contributed by atoms with Crippen LogP contribution in [0.25, 0.3) is 0 Å². The summed E-state index contributed by atoms with van der Waals surface area (Å²) in [5, 5.41) is 10.4. The van der Waals surface area contributed by atoms with E-state index in [4.69, 9.17) is 0 Å². The van der Waals surface area contributed by atoms with Gasteiger partial charge in [-0.1, -0.05) is 20.8 Å². The smallest absolute Gasteiger partial charge is 0.351 e. The number of rotatable bonds is 4. The Balaban J connectivity index is 1.87. The van der Waals surface area contributed by atoms with E-state index in [-0.39, 0.29) is 12.0 Å². The molecule has 138 valence electrons. The van der Waals surface area contributed by atoms with Crippen molar-refractivity contribution in [2.45, 2.75) is 45.5 Å². The van der Waals surface area contributed by atoms with Gasteiger partial charge in [-0.3, -0.25) is 4.99 Å². The van der Waals surface area contributed by atoms with Crippen LogP contribution < -0.4 is 10.6 Å². The molecule has 0 fully saturated rings. The minimum Gasteiger partial charge on any atom is -0.351 e. The summed E-state index contributed by atoms with van der Waals surface area (Å²) < 4.78 is 37.6. The number of nitrogens with zero attached hydrogens (tertiary/aromatic N) is 3. The number of thiazole rings is 2. The van der Waals surface area contributed by atoms with E-state index in [0.29, 0.717) is 17.5 Å². The van der Waals surface area contributed by atoms with E-state index in [2.05, 4.69) is 46.4 Å². The van der Waals surface area contributed by atoms with Gasteiger partial charge in [0.2, 0.25) is 0 Å². The van der Waals surface area contributed by atoms with E-state index in [1.54, 1.807) is 18.4 Å². The number of alkyl halides is 3. The van der Waals surface area contributed by atoms with Gasteiger partial charge in [0.25, 0.3) is 0 Å².